The van der Waals surface area contributed by atoms with Crippen LogP contribution in [0.5, 0.6) is 5.75 Å². The summed E-state index contributed by atoms with van der Waals surface area (Å²) in [6.45, 7) is 1.96. The molecule has 0 heterocycles. The summed E-state index contributed by atoms with van der Waals surface area (Å²) in [7, 11) is 0. The monoisotopic (exact) mass is 552 g/mol. The molecule has 1 unspecified atom stereocenters. The van der Waals surface area contributed by atoms with Gasteiger partial charge in [-0.2, -0.15) is 0 Å². The Morgan fingerprint density at radius 2 is 1.58 bits per heavy atom. The molecule has 0 spiro atoms. The van der Waals surface area contributed by atoms with Crippen molar-refractivity contribution >= 4 is 35.0 Å². The molecule has 0 radical (unpaired) electrons. The van der Waals surface area contributed by atoms with Crippen LogP contribution in [0, 0.1) is 0 Å². The van der Waals surface area contributed by atoms with E-state index < -0.39 is 6.04 Å². The van der Waals surface area contributed by atoms with Crippen LogP contribution in [0.3, 0.4) is 0 Å². The predicted molar refractivity (Wildman–Crippen MR) is 153 cm³/mol. The number of hydrogen-bond acceptors (Lipinski definition) is 3. The second-order valence-corrected chi connectivity index (χ2v) is 10.5. The molecule has 0 aromatic heterocycles. The van der Waals surface area contributed by atoms with Gasteiger partial charge in [0.05, 0.1) is 0 Å². The standard InChI is InChI=1S/C31H34Cl2N2O3/c1-2-22-15-17-25(18-16-22)38-21-30(36)35(20-26-27(32)13-8-14-28(26)33)29(19-23-9-4-3-5-10-23)31(37)34-24-11-6-7-12-24/h3-5,8-10,13-18,24,29H,2,6-7,11-12,19-21H2,1H3,(H,34,37). The molecule has 3 aromatic rings. The van der Waals surface area contributed by atoms with Crippen molar-refractivity contribution in [3.63, 3.8) is 0 Å². The van der Waals surface area contributed by atoms with Gasteiger partial charge in [0.25, 0.3) is 5.91 Å². The van der Waals surface area contributed by atoms with Gasteiger partial charge in [0.1, 0.15) is 11.8 Å². The second kappa shape index (κ2) is 13.7. The summed E-state index contributed by atoms with van der Waals surface area (Å²) in [6, 6.07) is 22.0. The molecule has 1 N–H and O–H groups in total. The molecular formula is C31H34Cl2N2O3. The van der Waals surface area contributed by atoms with E-state index in [-0.39, 0.29) is 31.0 Å². The van der Waals surface area contributed by atoms with E-state index in [0.717, 1.165) is 37.7 Å². The zero-order valence-electron chi connectivity index (χ0n) is 21.7. The molecule has 3 aromatic carbocycles. The van der Waals surface area contributed by atoms with E-state index in [9.17, 15) is 9.59 Å². The molecule has 1 aliphatic carbocycles. The Bertz CT molecular complexity index is 1190. The molecule has 38 heavy (non-hydrogen) atoms. The molecule has 1 aliphatic rings. The van der Waals surface area contributed by atoms with Gasteiger partial charge in [0.2, 0.25) is 5.91 Å². The normalized spacial score (nSPS) is 14.2. The van der Waals surface area contributed by atoms with Crippen LogP contribution in [-0.2, 0) is 29.0 Å². The number of nitrogens with zero attached hydrogens (tertiary/aromatic N) is 1. The van der Waals surface area contributed by atoms with Crippen LogP contribution in [0.2, 0.25) is 10.0 Å². The van der Waals surface area contributed by atoms with Crippen LogP contribution in [-0.4, -0.2) is 35.4 Å². The van der Waals surface area contributed by atoms with Crippen molar-refractivity contribution in [1.82, 2.24) is 10.2 Å². The third-order valence-electron chi connectivity index (χ3n) is 7.06. The molecule has 0 bridgehead atoms. The summed E-state index contributed by atoms with van der Waals surface area (Å²) in [4.78, 5) is 29.1. The average Bonchev–Trinajstić information content (AvgIpc) is 3.44. The largest absolute Gasteiger partial charge is 0.484 e. The summed E-state index contributed by atoms with van der Waals surface area (Å²) >= 11 is 13.0. The minimum atomic E-state index is -0.760. The summed E-state index contributed by atoms with van der Waals surface area (Å²) in [5.74, 6) is 0.105. The van der Waals surface area contributed by atoms with Crippen LogP contribution < -0.4 is 10.1 Å². The number of aryl methyl sites for hydroxylation is 1. The van der Waals surface area contributed by atoms with Gasteiger partial charge < -0.3 is 15.0 Å². The topological polar surface area (TPSA) is 58.6 Å². The first kappa shape index (κ1) is 28.0. The van der Waals surface area contributed by atoms with Gasteiger partial charge in [-0.1, -0.05) is 91.5 Å². The molecule has 0 aliphatic heterocycles. The van der Waals surface area contributed by atoms with E-state index in [1.165, 1.54) is 5.56 Å². The number of carbonyl (C=O) groups excluding carboxylic acids is 2. The van der Waals surface area contributed by atoms with Gasteiger partial charge in [-0.05, 0) is 54.7 Å². The molecule has 2 amide bonds. The molecule has 7 heteroatoms. The summed E-state index contributed by atoms with van der Waals surface area (Å²) < 4.78 is 5.87. The molecule has 200 valence electrons. The van der Waals surface area contributed by atoms with Crippen LogP contribution in [0.4, 0.5) is 0 Å². The number of nitrogens with one attached hydrogen (secondary N) is 1. The number of rotatable bonds is 11. The number of carbonyl (C=O) groups is 2. The van der Waals surface area contributed by atoms with Crippen molar-refractivity contribution in [2.24, 2.45) is 0 Å². The minimum Gasteiger partial charge on any atom is -0.484 e. The van der Waals surface area contributed by atoms with E-state index in [0.29, 0.717) is 27.8 Å². The number of halogens is 2. The van der Waals surface area contributed by atoms with E-state index in [1.54, 1.807) is 23.1 Å². The van der Waals surface area contributed by atoms with E-state index in [2.05, 4.69) is 12.2 Å². The summed E-state index contributed by atoms with van der Waals surface area (Å²) in [6.07, 6.45) is 5.37. The van der Waals surface area contributed by atoms with Gasteiger partial charge >= 0.3 is 0 Å². The molecule has 1 fully saturated rings. The van der Waals surface area contributed by atoms with E-state index in [4.69, 9.17) is 27.9 Å². The Kier molecular flexibility index (Phi) is 10.1. The first-order valence-electron chi connectivity index (χ1n) is 13.2. The maximum absolute atomic E-state index is 13.8. The van der Waals surface area contributed by atoms with Crippen molar-refractivity contribution < 1.29 is 14.3 Å². The van der Waals surface area contributed by atoms with Crippen LogP contribution in [0.15, 0.2) is 72.8 Å². The lowest BCUT2D eigenvalue weighted by molar-refractivity contribution is -0.143. The highest BCUT2D eigenvalue weighted by molar-refractivity contribution is 6.36. The molecule has 5 nitrogen and oxygen atoms in total. The number of hydrogen-bond donors (Lipinski definition) is 1. The van der Waals surface area contributed by atoms with Gasteiger partial charge in [-0.25, -0.2) is 0 Å². The average molecular weight is 554 g/mol. The Labute approximate surface area is 235 Å². The van der Waals surface area contributed by atoms with Gasteiger partial charge in [0, 0.05) is 34.6 Å². The number of ether oxygens (including phenoxy) is 1. The predicted octanol–water partition coefficient (Wildman–Crippen LogP) is 6.63. The third kappa shape index (κ3) is 7.52. The Morgan fingerprint density at radius 1 is 0.921 bits per heavy atom. The van der Waals surface area contributed by atoms with E-state index >= 15 is 0 Å². The zero-order chi connectivity index (χ0) is 26.9. The quantitative estimate of drug-likeness (QED) is 0.290. The fourth-order valence-corrected chi connectivity index (χ4v) is 5.34. The molecule has 1 atom stereocenters. The van der Waals surface area contributed by atoms with Crippen molar-refractivity contribution in [3.05, 3.63) is 99.5 Å². The zero-order valence-corrected chi connectivity index (χ0v) is 23.2. The highest BCUT2D eigenvalue weighted by Gasteiger charge is 2.33. The molecule has 4 rings (SSSR count). The Balaban J connectivity index is 1.63. The fourth-order valence-electron chi connectivity index (χ4n) is 4.82. The SMILES string of the molecule is CCc1ccc(OCC(=O)N(Cc2c(Cl)cccc2Cl)C(Cc2ccccc2)C(=O)NC2CCCC2)cc1. The van der Waals surface area contributed by atoms with Gasteiger partial charge in [0.15, 0.2) is 6.61 Å². The fraction of sp³-hybridized carbons (Fsp3) is 0.355. The maximum atomic E-state index is 13.8. The van der Waals surface area contributed by atoms with Gasteiger partial charge in [-0.15, -0.1) is 0 Å². The smallest absolute Gasteiger partial charge is 0.261 e. The minimum absolute atomic E-state index is 0.0884. The van der Waals surface area contributed by atoms with Crippen molar-refractivity contribution in [2.75, 3.05) is 6.61 Å². The lowest BCUT2D eigenvalue weighted by Crippen LogP contribution is -2.53. The summed E-state index contributed by atoms with van der Waals surface area (Å²) in [5, 5.41) is 4.09. The third-order valence-corrected chi connectivity index (χ3v) is 7.76. The van der Waals surface area contributed by atoms with Crippen molar-refractivity contribution in [2.45, 2.75) is 64.1 Å². The van der Waals surface area contributed by atoms with E-state index in [1.807, 2.05) is 54.6 Å². The Hall–Kier alpha value is -3.02. The maximum Gasteiger partial charge on any atom is 0.261 e. The van der Waals surface area contributed by atoms with Crippen LogP contribution >= 0.6 is 23.2 Å². The summed E-state index contributed by atoms with van der Waals surface area (Å²) in [5.41, 5.74) is 2.74. The molecule has 1 saturated carbocycles. The first-order chi connectivity index (χ1) is 18.4. The number of benzene rings is 3. The number of amides is 2. The molecular weight excluding hydrogens is 519 g/mol. The highest BCUT2D eigenvalue weighted by Crippen LogP contribution is 2.28. The molecule has 0 saturated heterocycles. The lowest BCUT2D eigenvalue weighted by atomic mass is 10.0. The Morgan fingerprint density at radius 3 is 2.21 bits per heavy atom. The lowest BCUT2D eigenvalue weighted by Gasteiger charge is -2.32. The van der Waals surface area contributed by atoms with Crippen molar-refractivity contribution in [1.29, 1.82) is 0 Å². The van der Waals surface area contributed by atoms with Crippen LogP contribution in [0.25, 0.3) is 0 Å². The first-order valence-corrected chi connectivity index (χ1v) is 14.0. The second-order valence-electron chi connectivity index (χ2n) is 9.70. The van der Waals surface area contributed by atoms with Crippen molar-refractivity contribution in [3.8, 4) is 5.75 Å². The highest BCUT2D eigenvalue weighted by atomic mass is 35.5. The van der Waals surface area contributed by atoms with Gasteiger partial charge in [-0.3, -0.25) is 9.59 Å². The van der Waals surface area contributed by atoms with Crippen LogP contribution in [0.1, 0.15) is 49.3 Å².